The van der Waals surface area contributed by atoms with Crippen LogP contribution in [0, 0.1) is 0 Å². The molecule has 1 atom stereocenters. The number of carboxylic acids is 1. The Kier molecular flexibility index (Phi) is 7.29. The van der Waals surface area contributed by atoms with Gasteiger partial charge in [0.1, 0.15) is 11.8 Å². The van der Waals surface area contributed by atoms with Crippen molar-refractivity contribution in [2.24, 2.45) is 0 Å². The number of aryl methyl sites for hydroxylation is 1. The normalized spacial score (nSPS) is 11.7. The molecule has 0 unspecified atom stereocenters. The molecule has 0 heterocycles. The van der Waals surface area contributed by atoms with Crippen molar-refractivity contribution in [1.29, 1.82) is 0 Å². The summed E-state index contributed by atoms with van der Waals surface area (Å²) < 4.78 is 5.35. The Bertz CT molecular complexity index is 456. The van der Waals surface area contributed by atoms with Gasteiger partial charge >= 0.3 is 5.97 Å². The summed E-state index contributed by atoms with van der Waals surface area (Å²) in [5, 5.41) is 11.5. The van der Waals surface area contributed by atoms with Crippen LogP contribution in [-0.4, -0.2) is 29.6 Å². The van der Waals surface area contributed by atoms with Crippen LogP contribution in [0.1, 0.15) is 38.7 Å². The number of carbonyl (C=O) groups is 2. The van der Waals surface area contributed by atoms with Gasteiger partial charge in [-0.05, 0) is 30.5 Å². The lowest BCUT2D eigenvalue weighted by Gasteiger charge is -2.14. The monoisotopic (exact) mass is 293 g/mol. The van der Waals surface area contributed by atoms with E-state index in [0.29, 0.717) is 12.2 Å². The molecule has 2 N–H and O–H groups in total. The smallest absolute Gasteiger partial charge is 0.326 e. The molecule has 0 fully saturated rings. The number of amides is 1. The zero-order chi connectivity index (χ0) is 15.7. The number of hydrogen-bond acceptors (Lipinski definition) is 3. The van der Waals surface area contributed by atoms with Crippen molar-refractivity contribution in [3.8, 4) is 5.75 Å². The van der Waals surface area contributed by atoms with E-state index in [1.54, 1.807) is 12.1 Å². The maximum atomic E-state index is 11.7. The largest absolute Gasteiger partial charge is 0.484 e. The molecular weight excluding hydrogens is 270 g/mol. The Morgan fingerprint density at radius 1 is 1.24 bits per heavy atom. The number of carbonyl (C=O) groups excluding carboxylic acids is 1. The Morgan fingerprint density at radius 3 is 2.43 bits per heavy atom. The number of rotatable bonds is 9. The molecule has 21 heavy (non-hydrogen) atoms. The first-order valence-electron chi connectivity index (χ1n) is 7.30. The summed E-state index contributed by atoms with van der Waals surface area (Å²) in [7, 11) is 0. The molecule has 0 saturated heterocycles. The summed E-state index contributed by atoms with van der Waals surface area (Å²) in [6.45, 7) is 3.86. The van der Waals surface area contributed by atoms with Crippen LogP contribution in [0.5, 0.6) is 5.75 Å². The van der Waals surface area contributed by atoms with Gasteiger partial charge in [-0.15, -0.1) is 0 Å². The van der Waals surface area contributed by atoms with Gasteiger partial charge in [0.05, 0.1) is 0 Å². The first-order valence-corrected chi connectivity index (χ1v) is 7.30. The standard InChI is InChI=1S/C16H23NO4/c1-3-5-6-14(16(19)20)17-15(18)11-21-13-9-7-12(4-2)8-10-13/h7-10,14H,3-6,11H2,1-2H3,(H,17,18)(H,19,20)/t14-/m0/s1. The average Bonchev–Trinajstić information content (AvgIpc) is 2.49. The predicted molar refractivity (Wildman–Crippen MR) is 80.4 cm³/mol. The molecule has 0 spiro atoms. The Morgan fingerprint density at radius 2 is 1.90 bits per heavy atom. The molecule has 0 aliphatic carbocycles. The van der Waals surface area contributed by atoms with E-state index in [1.807, 2.05) is 19.1 Å². The maximum Gasteiger partial charge on any atom is 0.326 e. The van der Waals surface area contributed by atoms with Crippen molar-refractivity contribution < 1.29 is 19.4 Å². The predicted octanol–water partition coefficient (Wildman–Crippen LogP) is 2.39. The number of carboxylic acid groups (broad SMARTS) is 1. The van der Waals surface area contributed by atoms with E-state index in [1.165, 1.54) is 5.56 Å². The van der Waals surface area contributed by atoms with Gasteiger partial charge in [0.15, 0.2) is 6.61 Å². The minimum Gasteiger partial charge on any atom is -0.484 e. The fourth-order valence-corrected chi connectivity index (χ4v) is 1.87. The van der Waals surface area contributed by atoms with Gasteiger partial charge in [-0.3, -0.25) is 4.79 Å². The lowest BCUT2D eigenvalue weighted by atomic mass is 10.1. The average molecular weight is 293 g/mol. The van der Waals surface area contributed by atoms with Crippen molar-refractivity contribution in [3.05, 3.63) is 29.8 Å². The molecule has 0 aromatic heterocycles. The van der Waals surface area contributed by atoms with Crippen LogP contribution in [0.25, 0.3) is 0 Å². The first kappa shape index (κ1) is 17.0. The zero-order valence-corrected chi connectivity index (χ0v) is 12.6. The molecule has 0 aliphatic heterocycles. The third kappa shape index (κ3) is 6.29. The molecule has 1 amide bonds. The topological polar surface area (TPSA) is 75.6 Å². The second-order valence-electron chi connectivity index (χ2n) is 4.89. The third-order valence-corrected chi connectivity index (χ3v) is 3.18. The van der Waals surface area contributed by atoms with Crippen LogP contribution >= 0.6 is 0 Å². The Balaban J connectivity index is 2.42. The van der Waals surface area contributed by atoms with Crippen LogP contribution < -0.4 is 10.1 Å². The van der Waals surface area contributed by atoms with Crippen molar-refractivity contribution >= 4 is 11.9 Å². The maximum absolute atomic E-state index is 11.7. The summed E-state index contributed by atoms with van der Waals surface area (Å²) in [5.74, 6) is -0.829. The van der Waals surface area contributed by atoms with Crippen LogP contribution in [0.3, 0.4) is 0 Å². The number of ether oxygens (including phenoxy) is 1. The molecule has 1 aromatic rings. The quantitative estimate of drug-likeness (QED) is 0.733. The molecule has 0 aliphatic rings. The van der Waals surface area contributed by atoms with E-state index >= 15 is 0 Å². The van der Waals surface area contributed by atoms with Crippen molar-refractivity contribution in [2.75, 3.05) is 6.61 Å². The van der Waals surface area contributed by atoms with E-state index in [9.17, 15) is 9.59 Å². The van der Waals surface area contributed by atoms with Gasteiger partial charge in [0.25, 0.3) is 5.91 Å². The molecule has 116 valence electrons. The van der Waals surface area contributed by atoms with Crippen molar-refractivity contribution in [3.63, 3.8) is 0 Å². The lowest BCUT2D eigenvalue weighted by Crippen LogP contribution is -2.42. The molecule has 1 aromatic carbocycles. The van der Waals surface area contributed by atoms with E-state index in [0.717, 1.165) is 19.3 Å². The number of aliphatic carboxylic acids is 1. The van der Waals surface area contributed by atoms with Crippen molar-refractivity contribution in [2.45, 2.75) is 45.6 Å². The highest BCUT2D eigenvalue weighted by molar-refractivity contribution is 5.84. The van der Waals surface area contributed by atoms with Gasteiger partial charge < -0.3 is 15.2 Å². The number of unbranched alkanes of at least 4 members (excludes halogenated alkanes) is 1. The lowest BCUT2D eigenvalue weighted by molar-refractivity contribution is -0.142. The molecule has 0 bridgehead atoms. The van der Waals surface area contributed by atoms with Gasteiger partial charge in [-0.2, -0.15) is 0 Å². The van der Waals surface area contributed by atoms with Crippen LogP contribution in [0.2, 0.25) is 0 Å². The van der Waals surface area contributed by atoms with E-state index < -0.39 is 17.9 Å². The molecule has 0 saturated carbocycles. The third-order valence-electron chi connectivity index (χ3n) is 3.18. The number of nitrogens with one attached hydrogen (secondary N) is 1. The van der Waals surface area contributed by atoms with Gasteiger partial charge in [-0.1, -0.05) is 38.8 Å². The molecule has 5 nitrogen and oxygen atoms in total. The van der Waals surface area contributed by atoms with Crippen LogP contribution in [0.15, 0.2) is 24.3 Å². The Hall–Kier alpha value is -2.04. The summed E-state index contributed by atoms with van der Waals surface area (Å²) in [4.78, 5) is 22.7. The van der Waals surface area contributed by atoms with Crippen LogP contribution in [-0.2, 0) is 16.0 Å². The minimum absolute atomic E-state index is 0.179. The number of hydrogen-bond donors (Lipinski definition) is 2. The van der Waals surface area contributed by atoms with E-state index in [4.69, 9.17) is 9.84 Å². The molecule has 5 heteroatoms. The summed E-state index contributed by atoms with van der Waals surface area (Å²) in [5.41, 5.74) is 1.19. The van der Waals surface area contributed by atoms with Crippen molar-refractivity contribution in [1.82, 2.24) is 5.32 Å². The summed E-state index contributed by atoms with van der Waals surface area (Å²) in [6.07, 6.45) is 3.03. The van der Waals surface area contributed by atoms with Gasteiger partial charge in [0, 0.05) is 0 Å². The highest BCUT2D eigenvalue weighted by Gasteiger charge is 2.19. The first-order chi connectivity index (χ1) is 10.1. The summed E-state index contributed by atoms with van der Waals surface area (Å²) >= 11 is 0. The van der Waals surface area contributed by atoms with E-state index in [2.05, 4.69) is 12.2 Å². The molecular formula is C16H23NO4. The highest BCUT2D eigenvalue weighted by Crippen LogP contribution is 2.12. The molecule has 0 radical (unpaired) electrons. The van der Waals surface area contributed by atoms with E-state index in [-0.39, 0.29) is 6.61 Å². The second-order valence-corrected chi connectivity index (χ2v) is 4.89. The van der Waals surface area contributed by atoms with Crippen LogP contribution in [0.4, 0.5) is 0 Å². The SMILES string of the molecule is CCCC[C@H](NC(=O)COc1ccc(CC)cc1)C(=O)O. The zero-order valence-electron chi connectivity index (χ0n) is 12.6. The van der Waals surface area contributed by atoms with Gasteiger partial charge in [-0.25, -0.2) is 4.79 Å². The summed E-state index contributed by atoms with van der Waals surface area (Å²) in [6, 6.07) is 6.64. The second kappa shape index (κ2) is 9.00. The Labute approximate surface area is 125 Å². The number of benzene rings is 1. The highest BCUT2D eigenvalue weighted by atomic mass is 16.5. The molecule has 1 rings (SSSR count). The fourth-order valence-electron chi connectivity index (χ4n) is 1.87. The fraction of sp³-hybridized carbons (Fsp3) is 0.500. The minimum atomic E-state index is -1.01. The van der Waals surface area contributed by atoms with Gasteiger partial charge in [0.2, 0.25) is 0 Å².